The van der Waals surface area contributed by atoms with E-state index < -0.39 is 17.7 Å². The van der Waals surface area contributed by atoms with Crippen LogP contribution in [0.2, 0.25) is 0 Å². The fraction of sp³-hybridized carbons (Fsp3) is 0.857. The molecule has 0 aromatic carbocycles. The van der Waals surface area contributed by atoms with Crippen molar-refractivity contribution in [1.29, 1.82) is 0 Å². The van der Waals surface area contributed by atoms with Crippen LogP contribution >= 0.6 is 0 Å². The number of carbonyl (C=O) groups excluding carboxylic acids is 1. The number of rotatable bonds is 5. The summed E-state index contributed by atoms with van der Waals surface area (Å²) in [6.45, 7) is 5.50. The Morgan fingerprint density at radius 3 is 2.30 bits per heavy atom. The molecule has 2 N–H and O–H groups in total. The summed E-state index contributed by atoms with van der Waals surface area (Å²) in [4.78, 5) is 27.6. The molecule has 1 fully saturated rings. The van der Waals surface area contributed by atoms with E-state index in [1.165, 1.54) is 0 Å². The van der Waals surface area contributed by atoms with Crippen molar-refractivity contribution >= 4 is 12.1 Å². The molecule has 0 saturated heterocycles. The minimum Gasteiger partial charge on any atom is -0.481 e. The van der Waals surface area contributed by atoms with E-state index in [1.54, 1.807) is 20.8 Å². The zero-order chi connectivity index (χ0) is 15.2. The monoisotopic (exact) mass is 287 g/mol. The summed E-state index contributed by atoms with van der Waals surface area (Å²) in [6.07, 6.45) is 4.18. The minimum atomic E-state index is -0.826. The molecule has 0 aromatic rings. The summed E-state index contributed by atoms with van der Waals surface area (Å²) in [5.41, 5.74) is 1.27. The van der Waals surface area contributed by atoms with E-state index in [9.17, 15) is 9.59 Å². The quantitative estimate of drug-likeness (QED) is 0.759. The van der Waals surface area contributed by atoms with Crippen LogP contribution in [-0.2, 0) is 14.4 Å². The highest BCUT2D eigenvalue weighted by Crippen LogP contribution is 2.39. The van der Waals surface area contributed by atoms with Crippen LogP contribution in [0.15, 0.2) is 0 Å². The molecule has 0 unspecified atom stereocenters. The first-order valence-electron chi connectivity index (χ1n) is 7.05. The highest BCUT2D eigenvalue weighted by molar-refractivity contribution is 5.68. The number of amides is 1. The molecule has 20 heavy (non-hydrogen) atoms. The van der Waals surface area contributed by atoms with E-state index in [2.05, 4.69) is 5.48 Å². The SMILES string of the molecule is CC(C)(C)OC(=O)NOCC1(CC(=O)O)CCCCC1. The lowest BCUT2D eigenvalue weighted by molar-refractivity contribution is -0.142. The Morgan fingerprint density at radius 2 is 1.80 bits per heavy atom. The Bertz CT molecular complexity index is 342. The van der Waals surface area contributed by atoms with E-state index >= 15 is 0 Å². The Morgan fingerprint density at radius 1 is 1.20 bits per heavy atom. The van der Waals surface area contributed by atoms with Crippen molar-refractivity contribution in [3.63, 3.8) is 0 Å². The van der Waals surface area contributed by atoms with Gasteiger partial charge in [0.1, 0.15) is 5.60 Å². The molecule has 1 aliphatic rings. The van der Waals surface area contributed by atoms with Gasteiger partial charge >= 0.3 is 12.1 Å². The maximum atomic E-state index is 11.5. The predicted molar refractivity (Wildman–Crippen MR) is 73.1 cm³/mol. The lowest BCUT2D eigenvalue weighted by atomic mass is 9.72. The molecular formula is C14H25NO5. The van der Waals surface area contributed by atoms with Crippen LogP contribution in [0.5, 0.6) is 0 Å². The van der Waals surface area contributed by atoms with Crippen LogP contribution in [0.25, 0.3) is 0 Å². The Labute approximate surface area is 119 Å². The van der Waals surface area contributed by atoms with E-state index in [0.29, 0.717) is 0 Å². The van der Waals surface area contributed by atoms with E-state index in [4.69, 9.17) is 14.7 Å². The van der Waals surface area contributed by atoms with Crippen LogP contribution < -0.4 is 5.48 Å². The van der Waals surface area contributed by atoms with Gasteiger partial charge in [-0.3, -0.25) is 9.63 Å². The topological polar surface area (TPSA) is 84.9 Å². The molecule has 1 aliphatic carbocycles. The molecule has 0 radical (unpaired) electrons. The molecule has 116 valence electrons. The standard InChI is InChI=1S/C14H25NO5/c1-13(2,3)20-12(18)15-19-10-14(9-11(16)17)7-5-4-6-8-14/h4-10H2,1-3H3,(H,15,18)(H,16,17). The zero-order valence-corrected chi connectivity index (χ0v) is 12.5. The molecule has 0 aromatic heterocycles. The number of aliphatic carboxylic acids is 1. The maximum absolute atomic E-state index is 11.5. The second-order valence-electron chi connectivity index (χ2n) is 6.52. The zero-order valence-electron chi connectivity index (χ0n) is 12.5. The number of ether oxygens (including phenoxy) is 1. The molecule has 0 bridgehead atoms. The van der Waals surface area contributed by atoms with Crippen LogP contribution in [-0.4, -0.2) is 29.4 Å². The number of hydrogen-bond donors (Lipinski definition) is 2. The van der Waals surface area contributed by atoms with Gasteiger partial charge in [-0.15, -0.1) is 0 Å². The molecular weight excluding hydrogens is 262 g/mol. The maximum Gasteiger partial charge on any atom is 0.431 e. The van der Waals surface area contributed by atoms with Gasteiger partial charge in [-0.1, -0.05) is 19.3 Å². The van der Waals surface area contributed by atoms with Crippen molar-refractivity contribution in [1.82, 2.24) is 5.48 Å². The molecule has 0 heterocycles. The van der Waals surface area contributed by atoms with Gasteiger partial charge in [-0.2, -0.15) is 5.48 Å². The molecule has 0 atom stereocenters. The molecule has 0 aliphatic heterocycles. The first-order chi connectivity index (χ1) is 9.22. The van der Waals surface area contributed by atoms with Crippen LogP contribution in [0.3, 0.4) is 0 Å². The molecule has 1 amide bonds. The third-order valence-corrected chi connectivity index (χ3v) is 3.37. The number of carboxylic acid groups (broad SMARTS) is 1. The van der Waals surface area contributed by atoms with E-state index in [1.807, 2.05) is 0 Å². The first kappa shape index (κ1) is 16.8. The largest absolute Gasteiger partial charge is 0.481 e. The lowest BCUT2D eigenvalue weighted by Gasteiger charge is -2.35. The van der Waals surface area contributed by atoms with E-state index in [-0.39, 0.29) is 18.4 Å². The minimum absolute atomic E-state index is 0.0724. The van der Waals surface area contributed by atoms with Crippen molar-refractivity contribution in [2.75, 3.05) is 6.61 Å². The average molecular weight is 287 g/mol. The van der Waals surface area contributed by atoms with Crippen molar-refractivity contribution in [3.8, 4) is 0 Å². The molecule has 1 saturated carbocycles. The fourth-order valence-corrected chi connectivity index (χ4v) is 2.54. The van der Waals surface area contributed by atoms with Gasteiger partial charge in [0, 0.05) is 5.41 Å². The third kappa shape index (κ3) is 6.23. The Balaban J connectivity index is 2.43. The van der Waals surface area contributed by atoms with Gasteiger partial charge in [0.05, 0.1) is 13.0 Å². The van der Waals surface area contributed by atoms with E-state index in [0.717, 1.165) is 32.1 Å². The van der Waals surface area contributed by atoms with Gasteiger partial charge in [0.2, 0.25) is 0 Å². The van der Waals surface area contributed by atoms with Crippen molar-refractivity contribution < 1.29 is 24.3 Å². The second kappa shape index (κ2) is 6.92. The smallest absolute Gasteiger partial charge is 0.431 e. The van der Waals surface area contributed by atoms with Gasteiger partial charge in [-0.25, -0.2) is 4.79 Å². The van der Waals surface area contributed by atoms with Crippen LogP contribution in [0.1, 0.15) is 59.3 Å². The Kier molecular flexibility index (Phi) is 5.80. The van der Waals surface area contributed by atoms with Crippen molar-refractivity contribution in [3.05, 3.63) is 0 Å². The fourth-order valence-electron chi connectivity index (χ4n) is 2.54. The lowest BCUT2D eigenvalue weighted by Crippen LogP contribution is -2.38. The summed E-state index contributed by atoms with van der Waals surface area (Å²) < 4.78 is 5.05. The number of hydroxylamine groups is 1. The first-order valence-corrected chi connectivity index (χ1v) is 7.05. The highest BCUT2D eigenvalue weighted by Gasteiger charge is 2.35. The average Bonchev–Trinajstić information content (AvgIpc) is 2.26. The Hall–Kier alpha value is -1.30. The summed E-state index contributed by atoms with van der Waals surface area (Å²) in [7, 11) is 0. The van der Waals surface area contributed by atoms with Gasteiger partial charge < -0.3 is 9.84 Å². The number of nitrogens with one attached hydrogen (secondary N) is 1. The van der Waals surface area contributed by atoms with Crippen LogP contribution in [0.4, 0.5) is 4.79 Å². The van der Waals surface area contributed by atoms with Gasteiger partial charge in [0.15, 0.2) is 0 Å². The number of carboxylic acids is 1. The van der Waals surface area contributed by atoms with Crippen molar-refractivity contribution in [2.24, 2.45) is 5.41 Å². The summed E-state index contributed by atoms with van der Waals surface area (Å²) in [5.74, 6) is -0.826. The van der Waals surface area contributed by atoms with Crippen molar-refractivity contribution in [2.45, 2.75) is 64.9 Å². The third-order valence-electron chi connectivity index (χ3n) is 3.37. The molecule has 6 nitrogen and oxygen atoms in total. The summed E-state index contributed by atoms with van der Waals surface area (Å²) in [5, 5.41) is 9.02. The molecule has 6 heteroatoms. The normalized spacial score (nSPS) is 18.4. The summed E-state index contributed by atoms with van der Waals surface area (Å²) >= 11 is 0. The molecule has 1 rings (SSSR count). The predicted octanol–water partition coefficient (Wildman–Crippen LogP) is 2.87. The second-order valence-corrected chi connectivity index (χ2v) is 6.52. The van der Waals surface area contributed by atoms with Gasteiger partial charge in [-0.05, 0) is 33.6 Å². The highest BCUT2D eigenvalue weighted by atomic mass is 16.7. The molecule has 0 spiro atoms. The van der Waals surface area contributed by atoms with Crippen LogP contribution in [0, 0.1) is 5.41 Å². The van der Waals surface area contributed by atoms with Gasteiger partial charge in [0.25, 0.3) is 0 Å². The number of hydrogen-bond acceptors (Lipinski definition) is 4. The number of carbonyl (C=O) groups is 2. The summed E-state index contributed by atoms with van der Waals surface area (Å²) in [6, 6.07) is 0.